The summed E-state index contributed by atoms with van der Waals surface area (Å²) in [6, 6.07) is 3.39. The van der Waals surface area contributed by atoms with E-state index in [1.54, 1.807) is 12.3 Å². The fourth-order valence-electron chi connectivity index (χ4n) is 3.08. The largest absolute Gasteiger partial charge is 0.494 e. The third-order valence-corrected chi connectivity index (χ3v) is 4.71. The van der Waals surface area contributed by atoms with Crippen LogP contribution in [0.3, 0.4) is 0 Å². The van der Waals surface area contributed by atoms with Crippen molar-refractivity contribution in [3.8, 4) is 0 Å². The Hall–Kier alpha value is -3.14. The smallest absolute Gasteiger partial charge is 0.433 e. The first-order valence-electron chi connectivity index (χ1n) is 9.37. The van der Waals surface area contributed by atoms with Gasteiger partial charge in [0.25, 0.3) is 5.91 Å². The van der Waals surface area contributed by atoms with Crippen LogP contribution in [-0.2, 0) is 10.9 Å². The van der Waals surface area contributed by atoms with Crippen LogP contribution in [0.15, 0.2) is 53.6 Å². The molecule has 0 spiro atoms. The summed E-state index contributed by atoms with van der Waals surface area (Å²) in [5, 5.41) is 17.2. The fourth-order valence-corrected chi connectivity index (χ4v) is 3.08. The zero-order chi connectivity index (χ0) is 21.7. The molecule has 1 fully saturated rings. The van der Waals surface area contributed by atoms with Gasteiger partial charge in [-0.05, 0) is 44.1 Å². The quantitative estimate of drug-likeness (QED) is 0.586. The van der Waals surface area contributed by atoms with Gasteiger partial charge in [-0.3, -0.25) is 4.79 Å². The second kappa shape index (κ2) is 9.12. The zero-order valence-electron chi connectivity index (χ0n) is 16.3. The minimum atomic E-state index is -4.65. The molecule has 2 heterocycles. The third kappa shape index (κ3) is 5.26. The number of hydrogen-bond acceptors (Lipinski definition) is 6. The maximum Gasteiger partial charge on any atom is 0.433 e. The highest BCUT2D eigenvalue weighted by Crippen LogP contribution is 2.27. The van der Waals surface area contributed by atoms with Crippen LogP contribution in [0.25, 0.3) is 0 Å². The molecule has 0 saturated carbocycles. The highest BCUT2D eigenvalue weighted by atomic mass is 19.4. The molecule has 10 heteroatoms. The van der Waals surface area contributed by atoms with Crippen LogP contribution < -0.4 is 16.0 Å². The van der Waals surface area contributed by atoms with E-state index in [0.29, 0.717) is 5.57 Å². The van der Waals surface area contributed by atoms with Gasteiger partial charge in [0.05, 0.1) is 18.5 Å². The van der Waals surface area contributed by atoms with E-state index >= 15 is 0 Å². The van der Waals surface area contributed by atoms with Crippen molar-refractivity contribution in [2.75, 3.05) is 20.2 Å². The number of nitrogens with zero attached hydrogens (tertiary/aromatic N) is 1. The molecule has 1 amide bonds. The van der Waals surface area contributed by atoms with Gasteiger partial charge in [0.15, 0.2) is 0 Å². The number of amides is 1. The van der Waals surface area contributed by atoms with Crippen molar-refractivity contribution >= 4 is 11.6 Å². The lowest BCUT2D eigenvalue weighted by Gasteiger charge is -2.24. The van der Waals surface area contributed by atoms with Crippen LogP contribution in [0, 0.1) is 5.41 Å². The molecule has 30 heavy (non-hydrogen) atoms. The zero-order valence-corrected chi connectivity index (χ0v) is 16.3. The summed E-state index contributed by atoms with van der Waals surface area (Å²) in [5.41, 5.74) is -0.592. The van der Waals surface area contributed by atoms with E-state index < -0.39 is 17.8 Å². The Bertz CT molecular complexity index is 915. The van der Waals surface area contributed by atoms with Gasteiger partial charge < -0.3 is 26.1 Å². The summed E-state index contributed by atoms with van der Waals surface area (Å²) in [6.45, 7) is 1.82. The first kappa shape index (κ1) is 21.6. The van der Waals surface area contributed by atoms with Crippen molar-refractivity contribution in [1.29, 1.82) is 5.41 Å². The number of ether oxygens (including phenoxy) is 1. The predicted molar refractivity (Wildman–Crippen MR) is 105 cm³/mol. The van der Waals surface area contributed by atoms with E-state index in [9.17, 15) is 18.0 Å². The number of carbonyl (C=O) groups is 1. The molecular formula is C20H22F3N5O2. The minimum Gasteiger partial charge on any atom is -0.494 e. The number of methoxy groups -OCH3 is 1. The molecule has 0 atom stereocenters. The molecule has 1 aromatic rings. The van der Waals surface area contributed by atoms with E-state index in [4.69, 9.17) is 10.1 Å². The van der Waals surface area contributed by atoms with Crippen LogP contribution in [0.1, 0.15) is 29.0 Å². The normalized spacial score (nSPS) is 19.2. The van der Waals surface area contributed by atoms with E-state index in [2.05, 4.69) is 20.9 Å². The second-order valence-electron chi connectivity index (χ2n) is 6.83. The summed E-state index contributed by atoms with van der Waals surface area (Å²) in [5.74, 6) is -0.589. The van der Waals surface area contributed by atoms with Crippen molar-refractivity contribution < 1.29 is 22.7 Å². The number of pyridine rings is 1. The number of piperidine rings is 1. The highest BCUT2D eigenvalue weighted by molar-refractivity contribution is 6.10. The molecule has 3 rings (SSSR count). The summed E-state index contributed by atoms with van der Waals surface area (Å²) >= 11 is 0. The summed E-state index contributed by atoms with van der Waals surface area (Å²) in [6.07, 6.45) is 1.93. The molecule has 0 aromatic carbocycles. The number of nitrogens with one attached hydrogen (secondary N) is 4. The Morgan fingerprint density at radius 2 is 2.03 bits per heavy atom. The van der Waals surface area contributed by atoms with E-state index in [1.807, 2.05) is 0 Å². The third-order valence-electron chi connectivity index (χ3n) is 4.71. The molecule has 1 aliphatic heterocycles. The summed E-state index contributed by atoms with van der Waals surface area (Å²) in [7, 11) is 1.38. The monoisotopic (exact) mass is 421 g/mol. The Kier molecular flexibility index (Phi) is 6.56. The van der Waals surface area contributed by atoms with Crippen LogP contribution in [0.2, 0.25) is 0 Å². The van der Waals surface area contributed by atoms with Crippen LogP contribution in [0.5, 0.6) is 0 Å². The standard InChI is InChI=1S/C20H22F3N5O2/c1-30-17-10-14(24)12(11-26-13-5-7-25-8-6-13)9-16(17)28-19(29)15-3-2-4-18(27-15)20(21,22)23/h2-4,9-11,13,24-26H,5-8H2,1H3,(H,28,29)/b12-11-,24-14?. The molecule has 0 radical (unpaired) electrons. The topological polar surface area (TPSA) is 99.1 Å². The lowest BCUT2D eigenvalue weighted by atomic mass is 10.0. The molecule has 1 aliphatic carbocycles. The van der Waals surface area contributed by atoms with Crippen molar-refractivity contribution in [1.82, 2.24) is 20.9 Å². The van der Waals surface area contributed by atoms with Gasteiger partial charge in [0.1, 0.15) is 17.1 Å². The lowest BCUT2D eigenvalue weighted by Crippen LogP contribution is -2.38. The Morgan fingerprint density at radius 1 is 1.30 bits per heavy atom. The molecule has 0 bridgehead atoms. The van der Waals surface area contributed by atoms with Gasteiger partial charge >= 0.3 is 6.18 Å². The van der Waals surface area contributed by atoms with Crippen LogP contribution >= 0.6 is 0 Å². The van der Waals surface area contributed by atoms with E-state index in [-0.39, 0.29) is 28.9 Å². The summed E-state index contributed by atoms with van der Waals surface area (Å²) < 4.78 is 43.8. The number of halogens is 3. The maximum absolute atomic E-state index is 12.9. The van der Waals surface area contributed by atoms with Crippen molar-refractivity contribution in [3.63, 3.8) is 0 Å². The van der Waals surface area contributed by atoms with Gasteiger partial charge in [-0.15, -0.1) is 0 Å². The second-order valence-corrected chi connectivity index (χ2v) is 6.83. The van der Waals surface area contributed by atoms with Crippen molar-refractivity contribution in [3.05, 3.63) is 65.0 Å². The number of alkyl halides is 3. The van der Waals surface area contributed by atoms with Gasteiger partial charge in [-0.1, -0.05) is 6.07 Å². The van der Waals surface area contributed by atoms with E-state index in [1.165, 1.54) is 19.3 Å². The number of allylic oxidation sites excluding steroid dienone is 3. The maximum atomic E-state index is 12.9. The SMILES string of the molecule is COC1=CC(=N)/C(=C\NC2CCNCC2)C=C1NC(=O)c1cccc(C(F)(F)F)n1. The van der Waals surface area contributed by atoms with Crippen LogP contribution in [0.4, 0.5) is 13.2 Å². The Morgan fingerprint density at radius 3 is 2.70 bits per heavy atom. The van der Waals surface area contributed by atoms with Crippen molar-refractivity contribution in [2.24, 2.45) is 0 Å². The predicted octanol–water partition coefficient (Wildman–Crippen LogP) is 2.50. The number of hydrogen-bond donors (Lipinski definition) is 4. The molecule has 4 N–H and O–H groups in total. The molecule has 2 aliphatic rings. The van der Waals surface area contributed by atoms with Crippen LogP contribution in [-0.4, -0.2) is 42.8 Å². The molecule has 1 saturated heterocycles. The molecular weight excluding hydrogens is 399 g/mol. The average molecular weight is 421 g/mol. The Labute approximate surface area is 171 Å². The molecule has 0 unspecified atom stereocenters. The van der Waals surface area contributed by atoms with Gasteiger partial charge in [-0.25, -0.2) is 4.98 Å². The minimum absolute atomic E-state index is 0.184. The van der Waals surface area contributed by atoms with Gasteiger partial charge in [0, 0.05) is 23.9 Å². The fraction of sp³-hybridized carbons (Fsp3) is 0.350. The van der Waals surface area contributed by atoms with Gasteiger partial charge in [-0.2, -0.15) is 13.2 Å². The average Bonchev–Trinajstić information content (AvgIpc) is 2.74. The lowest BCUT2D eigenvalue weighted by molar-refractivity contribution is -0.141. The molecule has 160 valence electrons. The summed E-state index contributed by atoms with van der Waals surface area (Å²) in [4.78, 5) is 15.9. The highest BCUT2D eigenvalue weighted by Gasteiger charge is 2.33. The first-order chi connectivity index (χ1) is 14.3. The molecule has 7 nitrogen and oxygen atoms in total. The van der Waals surface area contributed by atoms with Crippen molar-refractivity contribution in [2.45, 2.75) is 25.1 Å². The van der Waals surface area contributed by atoms with E-state index in [0.717, 1.165) is 38.1 Å². The molecule has 1 aromatic heterocycles. The number of rotatable bonds is 5. The number of carbonyl (C=O) groups excluding carboxylic acids is 1. The Balaban J connectivity index is 1.78. The van der Waals surface area contributed by atoms with Gasteiger partial charge in [0.2, 0.25) is 0 Å². The number of aromatic nitrogens is 1. The first-order valence-corrected chi connectivity index (χ1v) is 9.37.